The summed E-state index contributed by atoms with van der Waals surface area (Å²) >= 11 is 0. The van der Waals surface area contributed by atoms with Crippen LogP contribution >= 0.6 is 0 Å². The number of carbonyl (C=O) groups is 1. The summed E-state index contributed by atoms with van der Waals surface area (Å²) in [6.07, 6.45) is 2.65. The lowest BCUT2D eigenvalue weighted by Crippen LogP contribution is -2.39. The molecule has 0 fully saturated rings. The van der Waals surface area contributed by atoms with Crippen molar-refractivity contribution in [1.29, 1.82) is 0 Å². The number of hydrogen-bond acceptors (Lipinski definition) is 3. The van der Waals surface area contributed by atoms with E-state index in [-0.39, 0.29) is 5.91 Å². The number of aromatic amines is 1. The Labute approximate surface area is 183 Å². The fourth-order valence-electron chi connectivity index (χ4n) is 3.33. The number of hydrogen-bond donors (Lipinski definition) is 2. The number of aliphatic imine (C=N–C) groups is 1. The maximum absolute atomic E-state index is 12.2. The summed E-state index contributed by atoms with van der Waals surface area (Å²) in [4.78, 5) is 28.0. The molecule has 2 aromatic carbocycles. The highest BCUT2D eigenvalue weighted by Gasteiger charge is 2.11. The number of benzene rings is 2. The Morgan fingerprint density at radius 3 is 2.58 bits per heavy atom. The van der Waals surface area contributed by atoms with Crippen LogP contribution in [-0.4, -0.2) is 66.4 Å². The molecule has 0 radical (unpaired) electrons. The lowest BCUT2D eigenvalue weighted by atomic mass is 10.1. The van der Waals surface area contributed by atoms with Gasteiger partial charge in [-0.05, 0) is 29.7 Å². The number of aromatic nitrogens is 2. The Hall–Kier alpha value is -3.61. The standard InChI is InChI=1S/C24H30N6O/c1-25-24(26-14-13-18-9-8-12-20(15-18)23(31)29(2)3)30(4)17-22-27-16-21(28-22)19-10-6-5-7-11-19/h5-12,15-16H,13-14,17H2,1-4H3,(H,25,26)(H,27,28). The molecular weight excluding hydrogens is 388 g/mol. The van der Waals surface area contributed by atoms with Crippen LogP contribution in [0.2, 0.25) is 0 Å². The van der Waals surface area contributed by atoms with Gasteiger partial charge in [-0.1, -0.05) is 42.5 Å². The molecule has 3 aromatic rings. The first-order valence-electron chi connectivity index (χ1n) is 10.3. The molecule has 1 heterocycles. The molecule has 7 heteroatoms. The van der Waals surface area contributed by atoms with E-state index in [0.29, 0.717) is 18.7 Å². The van der Waals surface area contributed by atoms with Crippen molar-refractivity contribution in [2.45, 2.75) is 13.0 Å². The van der Waals surface area contributed by atoms with Gasteiger partial charge in [0.15, 0.2) is 5.96 Å². The van der Waals surface area contributed by atoms with Crippen LogP contribution in [0.3, 0.4) is 0 Å². The Bertz CT molecular complexity index is 1030. The number of nitrogens with zero attached hydrogens (tertiary/aromatic N) is 4. The van der Waals surface area contributed by atoms with Crippen molar-refractivity contribution in [3.05, 3.63) is 77.7 Å². The zero-order chi connectivity index (χ0) is 22.2. The first-order chi connectivity index (χ1) is 15.0. The lowest BCUT2D eigenvalue weighted by Gasteiger charge is -2.21. The van der Waals surface area contributed by atoms with E-state index in [1.807, 2.05) is 60.6 Å². The van der Waals surface area contributed by atoms with Gasteiger partial charge >= 0.3 is 0 Å². The molecule has 31 heavy (non-hydrogen) atoms. The summed E-state index contributed by atoms with van der Waals surface area (Å²) in [5.74, 6) is 1.68. The van der Waals surface area contributed by atoms with Crippen LogP contribution in [0.4, 0.5) is 0 Å². The fraction of sp³-hybridized carbons (Fsp3) is 0.292. The van der Waals surface area contributed by atoms with E-state index >= 15 is 0 Å². The minimum absolute atomic E-state index is 0.0127. The van der Waals surface area contributed by atoms with E-state index in [9.17, 15) is 4.79 Å². The van der Waals surface area contributed by atoms with Gasteiger partial charge in [0.2, 0.25) is 0 Å². The third kappa shape index (κ3) is 5.94. The number of nitrogens with one attached hydrogen (secondary N) is 2. The predicted octanol–water partition coefficient (Wildman–Crippen LogP) is 3.03. The van der Waals surface area contributed by atoms with Gasteiger partial charge < -0.3 is 20.1 Å². The second-order valence-corrected chi connectivity index (χ2v) is 7.59. The second-order valence-electron chi connectivity index (χ2n) is 7.59. The zero-order valence-electron chi connectivity index (χ0n) is 18.6. The molecule has 0 bridgehead atoms. The summed E-state index contributed by atoms with van der Waals surface area (Å²) in [5, 5.41) is 3.39. The SMILES string of the molecule is CN=C(NCCc1cccc(C(=O)N(C)C)c1)N(C)Cc1ncc(-c2ccccc2)[nH]1. The molecule has 0 atom stereocenters. The molecule has 0 aliphatic heterocycles. The highest BCUT2D eigenvalue weighted by molar-refractivity contribution is 5.94. The van der Waals surface area contributed by atoms with Gasteiger partial charge in [-0.3, -0.25) is 9.79 Å². The Morgan fingerprint density at radius 1 is 1.10 bits per heavy atom. The quantitative estimate of drug-likeness (QED) is 0.457. The summed E-state index contributed by atoms with van der Waals surface area (Å²) in [6.45, 7) is 1.32. The van der Waals surface area contributed by atoms with Gasteiger partial charge in [0.05, 0.1) is 18.4 Å². The smallest absolute Gasteiger partial charge is 0.253 e. The van der Waals surface area contributed by atoms with Crippen molar-refractivity contribution in [1.82, 2.24) is 25.1 Å². The fourth-order valence-corrected chi connectivity index (χ4v) is 3.33. The van der Waals surface area contributed by atoms with Crippen molar-refractivity contribution in [2.75, 3.05) is 34.7 Å². The minimum Gasteiger partial charge on any atom is -0.356 e. The summed E-state index contributed by atoms with van der Waals surface area (Å²) < 4.78 is 0. The van der Waals surface area contributed by atoms with E-state index in [2.05, 4.69) is 32.4 Å². The molecule has 0 unspecified atom stereocenters. The van der Waals surface area contributed by atoms with Crippen LogP contribution < -0.4 is 5.32 Å². The van der Waals surface area contributed by atoms with Crippen LogP contribution in [0.25, 0.3) is 11.3 Å². The largest absolute Gasteiger partial charge is 0.356 e. The summed E-state index contributed by atoms with van der Waals surface area (Å²) in [5.41, 5.74) is 3.92. The number of imidazole rings is 1. The van der Waals surface area contributed by atoms with Gasteiger partial charge in [0, 0.05) is 40.3 Å². The summed E-state index contributed by atoms with van der Waals surface area (Å²) in [6, 6.07) is 17.9. The van der Waals surface area contributed by atoms with Crippen LogP contribution in [0.5, 0.6) is 0 Å². The van der Waals surface area contributed by atoms with Crippen molar-refractivity contribution < 1.29 is 4.79 Å². The average Bonchev–Trinajstić information content (AvgIpc) is 3.25. The minimum atomic E-state index is 0.0127. The first kappa shape index (κ1) is 22.1. The van der Waals surface area contributed by atoms with Gasteiger partial charge in [-0.2, -0.15) is 0 Å². The van der Waals surface area contributed by atoms with E-state index in [1.54, 1.807) is 26.0 Å². The molecule has 2 N–H and O–H groups in total. The third-order valence-electron chi connectivity index (χ3n) is 4.95. The highest BCUT2D eigenvalue weighted by atomic mass is 16.2. The molecule has 7 nitrogen and oxygen atoms in total. The number of H-pyrrole nitrogens is 1. The van der Waals surface area contributed by atoms with Crippen molar-refractivity contribution >= 4 is 11.9 Å². The first-order valence-corrected chi connectivity index (χ1v) is 10.3. The van der Waals surface area contributed by atoms with Crippen molar-refractivity contribution in [3.8, 4) is 11.3 Å². The maximum atomic E-state index is 12.2. The molecule has 3 rings (SSSR count). The average molecular weight is 419 g/mol. The maximum Gasteiger partial charge on any atom is 0.253 e. The second kappa shape index (κ2) is 10.4. The molecular formula is C24H30N6O. The number of carbonyl (C=O) groups excluding carboxylic acids is 1. The van der Waals surface area contributed by atoms with E-state index < -0.39 is 0 Å². The molecule has 0 saturated heterocycles. The monoisotopic (exact) mass is 418 g/mol. The number of amides is 1. The Morgan fingerprint density at radius 2 is 1.87 bits per heavy atom. The van der Waals surface area contributed by atoms with Gasteiger partial charge in [-0.15, -0.1) is 0 Å². The molecule has 0 saturated carbocycles. The Kier molecular flexibility index (Phi) is 7.43. The van der Waals surface area contributed by atoms with Crippen LogP contribution in [-0.2, 0) is 13.0 Å². The van der Waals surface area contributed by atoms with E-state index in [1.165, 1.54) is 0 Å². The molecule has 1 amide bonds. The zero-order valence-corrected chi connectivity index (χ0v) is 18.6. The topological polar surface area (TPSA) is 76.6 Å². The van der Waals surface area contributed by atoms with Crippen LogP contribution in [0, 0.1) is 0 Å². The highest BCUT2D eigenvalue weighted by Crippen LogP contribution is 2.16. The molecule has 0 aliphatic rings. The normalized spacial score (nSPS) is 11.3. The van der Waals surface area contributed by atoms with Crippen LogP contribution in [0.1, 0.15) is 21.7 Å². The number of rotatable bonds is 7. The van der Waals surface area contributed by atoms with E-state index in [0.717, 1.165) is 35.0 Å². The van der Waals surface area contributed by atoms with E-state index in [4.69, 9.17) is 0 Å². The lowest BCUT2D eigenvalue weighted by molar-refractivity contribution is 0.0827. The predicted molar refractivity (Wildman–Crippen MR) is 125 cm³/mol. The van der Waals surface area contributed by atoms with Gasteiger partial charge in [0.1, 0.15) is 5.82 Å². The third-order valence-corrected chi connectivity index (χ3v) is 4.95. The van der Waals surface area contributed by atoms with Gasteiger partial charge in [-0.25, -0.2) is 4.98 Å². The number of guanidine groups is 1. The summed E-state index contributed by atoms with van der Waals surface area (Å²) in [7, 11) is 7.28. The van der Waals surface area contributed by atoms with Crippen molar-refractivity contribution in [3.63, 3.8) is 0 Å². The molecule has 1 aromatic heterocycles. The molecule has 0 spiro atoms. The molecule has 162 valence electrons. The molecule has 0 aliphatic carbocycles. The Balaban J connectivity index is 1.54. The van der Waals surface area contributed by atoms with Crippen LogP contribution in [0.15, 0.2) is 65.8 Å². The van der Waals surface area contributed by atoms with Gasteiger partial charge in [0.25, 0.3) is 5.91 Å². The van der Waals surface area contributed by atoms with Crippen molar-refractivity contribution in [2.24, 2.45) is 4.99 Å².